The molecule has 4 rings (SSSR count). The number of benzene rings is 2. The van der Waals surface area contributed by atoms with Gasteiger partial charge in [0.1, 0.15) is 6.04 Å². The van der Waals surface area contributed by atoms with Crippen LogP contribution in [0.25, 0.3) is 0 Å². The van der Waals surface area contributed by atoms with Crippen LogP contribution in [0.2, 0.25) is 0 Å². The van der Waals surface area contributed by atoms with Crippen molar-refractivity contribution < 1.29 is 27.6 Å². The summed E-state index contributed by atoms with van der Waals surface area (Å²) in [6.07, 6.45) is 0.0848. The monoisotopic (exact) mass is 468 g/mol. The summed E-state index contributed by atoms with van der Waals surface area (Å²) in [5, 5.41) is 2.15. The number of carbonyl (C=O) groups is 4. The van der Waals surface area contributed by atoms with Gasteiger partial charge in [0, 0.05) is 6.42 Å². The molecule has 2 aliphatic heterocycles. The van der Waals surface area contributed by atoms with Gasteiger partial charge in [-0.25, -0.2) is 8.42 Å². The normalized spacial score (nSPS) is 19.0. The highest BCUT2D eigenvalue weighted by Crippen LogP contribution is 2.32. The van der Waals surface area contributed by atoms with Gasteiger partial charge in [0.05, 0.1) is 21.8 Å². The van der Waals surface area contributed by atoms with Crippen molar-refractivity contribution in [2.75, 3.05) is 0 Å². The van der Waals surface area contributed by atoms with Gasteiger partial charge in [-0.2, -0.15) is 0 Å². The Morgan fingerprint density at radius 1 is 0.970 bits per heavy atom. The van der Waals surface area contributed by atoms with Crippen molar-refractivity contribution in [2.24, 2.45) is 0 Å². The SMILES string of the molecule is CC(C)(C)c1ccccc1S(=O)(=O)Cc1ccc2c(c1)C(=O)N(C1CCC(=O)NC1=O)C2=O. The molecule has 0 aromatic heterocycles. The fourth-order valence-corrected chi connectivity index (χ4v) is 6.03. The first-order chi connectivity index (χ1) is 15.4. The molecule has 0 radical (unpaired) electrons. The molecule has 33 heavy (non-hydrogen) atoms. The summed E-state index contributed by atoms with van der Waals surface area (Å²) in [4.78, 5) is 50.5. The fourth-order valence-electron chi connectivity index (χ4n) is 4.26. The van der Waals surface area contributed by atoms with Crippen molar-refractivity contribution >= 4 is 33.5 Å². The summed E-state index contributed by atoms with van der Waals surface area (Å²) < 4.78 is 26.5. The highest BCUT2D eigenvalue weighted by Gasteiger charge is 2.44. The van der Waals surface area contributed by atoms with Gasteiger partial charge in [-0.05, 0) is 41.2 Å². The molecule has 2 aromatic rings. The Hall–Kier alpha value is -3.33. The van der Waals surface area contributed by atoms with Crippen molar-refractivity contribution in [3.8, 4) is 0 Å². The molecule has 2 aromatic carbocycles. The minimum Gasteiger partial charge on any atom is -0.295 e. The van der Waals surface area contributed by atoms with Crippen molar-refractivity contribution in [3.05, 3.63) is 64.7 Å². The fraction of sp³-hybridized carbons (Fsp3) is 0.333. The summed E-state index contributed by atoms with van der Waals surface area (Å²) in [5.41, 5.74) is 0.847. The zero-order valence-corrected chi connectivity index (χ0v) is 19.4. The summed E-state index contributed by atoms with van der Waals surface area (Å²) >= 11 is 0. The van der Waals surface area contributed by atoms with E-state index in [1.54, 1.807) is 24.3 Å². The number of nitrogens with one attached hydrogen (secondary N) is 1. The summed E-state index contributed by atoms with van der Waals surface area (Å²) in [6.45, 7) is 5.81. The van der Waals surface area contributed by atoms with Crippen molar-refractivity contribution in [3.63, 3.8) is 0 Å². The van der Waals surface area contributed by atoms with E-state index in [1.807, 2.05) is 20.8 Å². The average molecular weight is 469 g/mol. The quantitative estimate of drug-likeness (QED) is 0.689. The van der Waals surface area contributed by atoms with Crippen LogP contribution < -0.4 is 5.32 Å². The Labute approximate surface area is 191 Å². The molecule has 172 valence electrons. The minimum atomic E-state index is -3.74. The van der Waals surface area contributed by atoms with Crippen LogP contribution in [0.5, 0.6) is 0 Å². The topological polar surface area (TPSA) is 118 Å². The number of sulfone groups is 1. The Morgan fingerprint density at radius 2 is 1.64 bits per heavy atom. The summed E-state index contributed by atoms with van der Waals surface area (Å²) in [7, 11) is -3.74. The van der Waals surface area contributed by atoms with Gasteiger partial charge in [-0.1, -0.05) is 45.0 Å². The molecule has 0 saturated carbocycles. The highest BCUT2D eigenvalue weighted by molar-refractivity contribution is 7.90. The molecule has 1 fully saturated rings. The zero-order valence-electron chi connectivity index (χ0n) is 18.5. The van der Waals surface area contributed by atoms with E-state index in [1.165, 1.54) is 18.2 Å². The molecule has 8 nitrogen and oxygen atoms in total. The van der Waals surface area contributed by atoms with E-state index in [0.29, 0.717) is 11.1 Å². The number of imide groups is 2. The van der Waals surface area contributed by atoms with Crippen LogP contribution in [0.15, 0.2) is 47.4 Å². The number of hydrogen-bond acceptors (Lipinski definition) is 6. The van der Waals surface area contributed by atoms with E-state index in [-0.39, 0.29) is 40.0 Å². The maximum atomic E-state index is 13.3. The Kier molecular flexibility index (Phi) is 5.48. The first-order valence-corrected chi connectivity index (χ1v) is 12.2. The standard InChI is InChI=1S/C24H24N2O6S/c1-24(2,3)17-6-4-5-7-19(17)33(31,32)13-14-8-9-15-16(12-14)23(30)26(22(15)29)18-10-11-20(27)25-21(18)28/h4-9,12,18H,10-11,13H2,1-3H3,(H,25,27,28). The number of fused-ring (bicyclic) bond motifs is 1. The van der Waals surface area contributed by atoms with Gasteiger partial charge < -0.3 is 0 Å². The van der Waals surface area contributed by atoms with E-state index in [2.05, 4.69) is 5.32 Å². The van der Waals surface area contributed by atoms with E-state index in [0.717, 1.165) is 4.90 Å². The number of hydrogen-bond donors (Lipinski definition) is 1. The molecule has 1 N–H and O–H groups in total. The zero-order chi connectivity index (χ0) is 24.1. The van der Waals surface area contributed by atoms with Crippen molar-refractivity contribution in [2.45, 2.75) is 55.7 Å². The predicted molar refractivity (Wildman–Crippen MR) is 119 cm³/mol. The lowest BCUT2D eigenvalue weighted by Gasteiger charge is -2.27. The van der Waals surface area contributed by atoms with E-state index in [9.17, 15) is 27.6 Å². The Bertz CT molecular complexity index is 1310. The second-order valence-corrected chi connectivity index (χ2v) is 11.3. The molecule has 2 heterocycles. The molecule has 1 saturated heterocycles. The highest BCUT2D eigenvalue weighted by atomic mass is 32.2. The first-order valence-electron chi connectivity index (χ1n) is 10.6. The van der Waals surface area contributed by atoms with Gasteiger partial charge in [0.2, 0.25) is 11.8 Å². The second kappa shape index (κ2) is 7.91. The Morgan fingerprint density at radius 3 is 2.30 bits per heavy atom. The van der Waals surface area contributed by atoms with Crippen LogP contribution in [0.3, 0.4) is 0 Å². The summed E-state index contributed by atoms with van der Waals surface area (Å²) in [5.74, 6) is -2.78. The van der Waals surface area contributed by atoms with Crippen LogP contribution in [0.4, 0.5) is 0 Å². The van der Waals surface area contributed by atoms with E-state index in [4.69, 9.17) is 0 Å². The molecule has 0 spiro atoms. The van der Waals surface area contributed by atoms with Crippen molar-refractivity contribution in [1.82, 2.24) is 10.2 Å². The number of rotatable bonds is 4. The maximum absolute atomic E-state index is 13.3. The van der Waals surface area contributed by atoms with Gasteiger partial charge in [0.25, 0.3) is 11.8 Å². The third-order valence-electron chi connectivity index (χ3n) is 5.89. The molecule has 0 aliphatic carbocycles. The van der Waals surface area contributed by atoms with E-state index >= 15 is 0 Å². The van der Waals surface area contributed by atoms with Crippen LogP contribution in [-0.4, -0.2) is 43.0 Å². The predicted octanol–water partition coefficient (Wildman–Crippen LogP) is 2.36. The van der Waals surface area contributed by atoms with Gasteiger partial charge >= 0.3 is 0 Å². The lowest BCUT2D eigenvalue weighted by atomic mass is 9.87. The number of nitrogens with zero attached hydrogens (tertiary/aromatic N) is 1. The largest absolute Gasteiger partial charge is 0.295 e. The Balaban J connectivity index is 1.65. The molecular weight excluding hydrogens is 444 g/mol. The molecule has 1 atom stereocenters. The molecule has 9 heteroatoms. The smallest absolute Gasteiger partial charge is 0.262 e. The lowest BCUT2D eigenvalue weighted by molar-refractivity contribution is -0.136. The molecule has 4 amide bonds. The van der Waals surface area contributed by atoms with E-state index < -0.39 is 39.5 Å². The van der Waals surface area contributed by atoms with Crippen LogP contribution in [0, 0.1) is 0 Å². The van der Waals surface area contributed by atoms with Crippen LogP contribution >= 0.6 is 0 Å². The number of carbonyl (C=O) groups excluding carboxylic acids is 4. The minimum absolute atomic E-state index is 0.0283. The molecule has 0 bridgehead atoms. The third kappa shape index (κ3) is 4.08. The lowest BCUT2D eigenvalue weighted by Crippen LogP contribution is -2.54. The van der Waals surface area contributed by atoms with Gasteiger partial charge in [-0.15, -0.1) is 0 Å². The van der Waals surface area contributed by atoms with Crippen molar-refractivity contribution in [1.29, 1.82) is 0 Å². The van der Waals surface area contributed by atoms with Crippen LogP contribution in [0.1, 0.15) is 65.5 Å². The summed E-state index contributed by atoms with van der Waals surface area (Å²) in [6, 6.07) is 10.1. The van der Waals surface area contributed by atoms with Crippen LogP contribution in [-0.2, 0) is 30.6 Å². The molecule has 2 aliphatic rings. The van der Waals surface area contributed by atoms with Gasteiger partial charge in [-0.3, -0.25) is 29.4 Å². The molecule has 1 unspecified atom stereocenters. The second-order valence-electron chi connectivity index (χ2n) is 9.33. The first kappa shape index (κ1) is 22.8. The van der Waals surface area contributed by atoms with Gasteiger partial charge in [0.15, 0.2) is 9.84 Å². The molecular formula is C24H24N2O6S. The maximum Gasteiger partial charge on any atom is 0.262 e. The average Bonchev–Trinajstić information content (AvgIpc) is 2.97. The third-order valence-corrected chi connectivity index (χ3v) is 7.63. The number of amides is 4. The number of piperidine rings is 1.